The minimum atomic E-state index is -0.781. The Balaban J connectivity index is 1.93. The van der Waals surface area contributed by atoms with Crippen molar-refractivity contribution < 1.29 is 14.7 Å². The van der Waals surface area contributed by atoms with Crippen LogP contribution in [-0.2, 0) is 9.53 Å². The topological polar surface area (TPSA) is 96.9 Å². The second kappa shape index (κ2) is 5.36. The van der Waals surface area contributed by atoms with Gasteiger partial charge in [-0.05, 0) is 31.1 Å². The van der Waals surface area contributed by atoms with Gasteiger partial charge in [0.2, 0.25) is 5.91 Å². The number of hydrogen-bond donors (Lipinski definition) is 3. The number of rotatable bonds is 4. The zero-order valence-corrected chi connectivity index (χ0v) is 11.4. The van der Waals surface area contributed by atoms with Crippen LogP contribution in [0.15, 0.2) is 5.16 Å². The first kappa shape index (κ1) is 14.1. The number of nitrogens with one attached hydrogen (secondary N) is 1. The molecular weight excluding hydrogens is 246 g/mol. The van der Waals surface area contributed by atoms with Crippen molar-refractivity contribution in [3.8, 4) is 0 Å². The zero-order valence-electron chi connectivity index (χ0n) is 11.4. The second-order valence-electron chi connectivity index (χ2n) is 6.03. The average Bonchev–Trinajstić information content (AvgIpc) is 2.36. The molecular formula is C13H23N3O3. The summed E-state index contributed by atoms with van der Waals surface area (Å²) in [7, 11) is 0. The van der Waals surface area contributed by atoms with Crippen LogP contribution in [0.1, 0.15) is 39.0 Å². The fourth-order valence-electron chi connectivity index (χ4n) is 2.73. The quantitative estimate of drug-likeness (QED) is 0.305. The van der Waals surface area contributed by atoms with E-state index in [-0.39, 0.29) is 17.2 Å². The number of nitrogens with zero attached hydrogens (tertiary/aromatic N) is 1. The number of carbonyl (C=O) groups excluding carboxylic acids is 1. The van der Waals surface area contributed by atoms with Gasteiger partial charge in [-0.25, -0.2) is 0 Å². The standard InChI is InChI=1S/C13H23N3O3/c1-12(5-7-19-8-6-12)9-15-11(17)13(3-2-4-13)10(14)16-18/h18H,2-9H2,1H3,(H2,14,16)(H,15,17). The molecule has 0 unspecified atom stereocenters. The van der Waals surface area contributed by atoms with E-state index in [0.717, 1.165) is 32.5 Å². The number of ether oxygens (including phenoxy) is 1. The third kappa shape index (κ3) is 2.68. The van der Waals surface area contributed by atoms with Crippen LogP contribution in [0.4, 0.5) is 0 Å². The molecule has 0 radical (unpaired) electrons. The van der Waals surface area contributed by atoms with E-state index < -0.39 is 5.41 Å². The first-order valence-electron chi connectivity index (χ1n) is 6.87. The lowest BCUT2D eigenvalue weighted by atomic mass is 9.67. The summed E-state index contributed by atoms with van der Waals surface area (Å²) < 4.78 is 5.34. The van der Waals surface area contributed by atoms with Gasteiger partial charge in [-0.3, -0.25) is 4.79 Å². The highest BCUT2D eigenvalue weighted by atomic mass is 16.5. The minimum absolute atomic E-state index is 0.0355. The third-order valence-corrected chi connectivity index (χ3v) is 4.62. The third-order valence-electron chi connectivity index (χ3n) is 4.62. The monoisotopic (exact) mass is 269 g/mol. The van der Waals surface area contributed by atoms with Gasteiger partial charge < -0.3 is 21.0 Å². The highest BCUT2D eigenvalue weighted by molar-refractivity contribution is 6.07. The van der Waals surface area contributed by atoms with Crippen LogP contribution in [0, 0.1) is 10.8 Å². The predicted octanol–water partition coefficient (Wildman–Crippen LogP) is 0.836. The van der Waals surface area contributed by atoms with Gasteiger partial charge in [0.05, 0.1) is 0 Å². The maximum atomic E-state index is 12.3. The normalized spacial score (nSPS) is 25.4. The van der Waals surface area contributed by atoms with Crippen molar-refractivity contribution in [1.82, 2.24) is 5.32 Å². The molecule has 4 N–H and O–H groups in total. The van der Waals surface area contributed by atoms with Crippen LogP contribution in [0.3, 0.4) is 0 Å². The Bertz CT molecular complexity index is 371. The lowest BCUT2D eigenvalue weighted by Gasteiger charge is -2.40. The first-order valence-corrected chi connectivity index (χ1v) is 6.87. The maximum Gasteiger partial charge on any atom is 0.233 e. The Kier molecular flexibility index (Phi) is 3.99. The van der Waals surface area contributed by atoms with E-state index in [1.165, 1.54) is 0 Å². The van der Waals surface area contributed by atoms with Crippen molar-refractivity contribution in [2.45, 2.75) is 39.0 Å². The van der Waals surface area contributed by atoms with Crippen LogP contribution < -0.4 is 11.1 Å². The maximum absolute atomic E-state index is 12.3. The van der Waals surface area contributed by atoms with Crippen LogP contribution in [0.5, 0.6) is 0 Å². The van der Waals surface area contributed by atoms with Gasteiger partial charge in [0.25, 0.3) is 0 Å². The molecule has 1 saturated carbocycles. The number of oxime groups is 1. The van der Waals surface area contributed by atoms with Crippen molar-refractivity contribution in [3.63, 3.8) is 0 Å². The zero-order chi connectivity index (χ0) is 13.9. The molecule has 108 valence electrons. The van der Waals surface area contributed by atoms with Crippen molar-refractivity contribution >= 4 is 11.7 Å². The van der Waals surface area contributed by atoms with E-state index >= 15 is 0 Å². The van der Waals surface area contributed by atoms with Gasteiger partial charge in [-0.1, -0.05) is 18.5 Å². The van der Waals surface area contributed by atoms with E-state index in [0.29, 0.717) is 19.4 Å². The fourth-order valence-corrected chi connectivity index (χ4v) is 2.73. The molecule has 1 aliphatic carbocycles. The van der Waals surface area contributed by atoms with Crippen LogP contribution in [0.25, 0.3) is 0 Å². The molecule has 0 aromatic heterocycles. The van der Waals surface area contributed by atoms with E-state index in [9.17, 15) is 4.79 Å². The van der Waals surface area contributed by atoms with Crippen LogP contribution in [0.2, 0.25) is 0 Å². The summed E-state index contributed by atoms with van der Waals surface area (Å²) in [5.74, 6) is -0.0739. The second-order valence-corrected chi connectivity index (χ2v) is 6.03. The van der Waals surface area contributed by atoms with E-state index in [1.54, 1.807) is 0 Å². The number of amidine groups is 1. The highest BCUT2D eigenvalue weighted by Crippen LogP contribution is 2.41. The Morgan fingerprint density at radius 1 is 1.37 bits per heavy atom. The van der Waals surface area contributed by atoms with E-state index in [1.807, 2.05) is 0 Å². The van der Waals surface area contributed by atoms with Crippen LogP contribution >= 0.6 is 0 Å². The Morgan fingerprint density at radius 2 is 2.00 bits per heavy atom. The summed E-state index contributed by atoms with van der Waals surface area (Å²) in [6.07, 6.45) is 4.16. The summed E-state index contributed by atoms with van der Waals surface area (Å²) in [6.45, 7) is 4.28. The molecule has 2 fully saturated rings. The van der Waals surface area contributed by atoms with Crippen molar-refractivity contribution in [3.05, 3.63) is 0 Å². The Labute approximate surface area is 113 Å². The molecule has 0 spiro atoms. The average molecular weight is 269 g/mol. The molecule has 6 heteroatoms. The minimum Gasteiger partial charge on any atom is -0.409 e. The summed E-state index contributed by atoms with van der Waals surface area (Å²) in [5, 5.41) is 14.8. The van der Waals surface area contributed by atoms with Crippen molar-refractivity contribution in [2.75, 3.05) is 19.8 Å². The molecule has 2 aliphatic rings. The van der Waals surface area contributed by atoms with E-state index in [2.05, 4.69) is 17.4 Å². The molecule has 19 heavy (non-hydrogen) atoms. The van der Waals surface area contributed by atoms with Crippen molar-refractivity contribution in [1.29, 1.82) is 0 Å². The van der Waals surface area contributed by atoms with Gasteiger partial charge in [0.1, 0.15) is 5.41 Å². The summed E-state index contributed by atoms with van der Waals surface area (Å²) in [6, 6.07) is 0. The molecule has 0 aromatic rings. The van der Waals surface area contributed by atoms with Crippen molar-refractivity contribution in [2.24, 2.45) is 21.7 Å². The summed E-state index contributed by atoms with van der Waals surface area (Å²) in [4.78, 5) is 12.3. The predicted molar refractivity (Wildman–Crippen MR) is 70.9 cm³/mol. The number of amides is 1. The Hall–Kier alpha value is -1.30. The van der Waals surface area contributed by atoms with E-state index in [4.69, 9.17) is 15.7 Å². The lowest BCUT2D eigenvalue weighted by molar-refractivity contribution is -0.132. The first-order chi connectivity index (χ1) is 9.02. The molecule has 0 bridgehead atoms. The van der Waals surface area contributed by atoms with Gasteiger partial charge in [0.15, 0.2) is 5.84 Å². The van der Waals surface area contributed by atoms with Gasteiger partial charge in [-0.15, -0.1) is 0 Å². The summed E-state index contributed by atoms with van der Waals surface area (Å²) in [5.41, 5.74) is 4.98. The van der Waals surface area contributed by atoms with Gasteiger partial charge >= 0.3 is 0 Å². The smallest absolute Gasteiger partial charge is 0.233 e. The number of hydrogen-bond acceptors (Lipinski definition) is 4. The highest BCUT2D eigenvalue weighted by Gasteiger charge is 2.48. The fraction of sp³-hybridized carbons (Fsp3) is 0.846. The molecule has 1 amide bonds. The molecule has 6 nitrogen and oxygen atoms in total. The molecule has 1 aliphatic heterocycles. The molecule has 0 atom stereocenters. The number of carbonyl (C=O) groups is 1. The molecule has 1 saturated heterocycles. The number of nitrogens with two attached hydrogens (primary N) is 1. The SMILES string of the molecule is CC1(CNC(=O)C2(C(N)=NO)CCC2)CCOCC1. The van der Waals surface area contributed by atoms with Gasteiger partial charge in [-0.2, -0.15) is 0 Å². The largest absolute Gasteiger partial charge is 0.409 e. The lowest BCUT2D eigenvalue weighted by Crippen LogP contribution is -2.55. The Morgan fingerprint density at radius 3 is 2.47 bits per heavy atom. The molecule has 2 rings (SSSR count). The van der Waals surface area contributed by atoms with Crippen LogP contribution in [-0.4, -0.2) is 36.7 Å². The molecule has 0 aromatic carbocycles. The van der Waals surface area contributed by atoms with Gasteiger partial charge in [0, 0.05) is 19.8 Å². The summed E-state index contributed by atoms with van der Waals surface area (Å²) >= 11 is 0. The molecule has 1 heterocycles.